The molecule has 0 aliphatic rings. The van der Waals surface area contributed by atoms with Crippen LogP contribution in [0.25, 0.3) is 0 Å². The average molecular weight is 271 g/mol. The molecule has 0 aliphatic heterocycles. The predicted molar refractivity (Wildman–Crippen MR) is 57.9 cm³/mol. The molecule has 0 saturated heterocycles. The Morgan fingerprint density at radius 2 is 1.58 bits per heavy atom. The van der Waals surface area contributed by atoms with Crippen LogP contribution in [0.15, 0.2) is 24.3 Å². The summed E-state index contributed by atoms with van der Waals surface area (Å²) < 4.78 is 1.48. The fourth-order valence-corrected chi connectivity index (χ4v) is 2.08. The summed E-state index contributed by atoms with van der Waals surface area (Å²) in [6.45, 7) is 4.53. The molecule has 0 nitrogen and oxygen atoms in total. The van der Waals surface area contributed by atoms with Gasteiger partial charge in [0.05, 0.1) is 0 Å². The SMILES string of the molecule is CCC(CC)c1cc[c]([SbH2])cc1. The van der Waals surface area contributed by atoms with E-state index in [0.717, 1.165) is 5.92 Å². The molecule has 12 heavy (non-hydrogen) atoms. The van der Waals surface area contributed by atoms with E-state index in [2.05, 4.69) is 38.1 Å². The molecule has 0 saturated carbocycles. The third kappa shape index (κ3) is 2.52. The zero-order chi connectivity index (χ0) is 8.97. The minimum atomic E-state index is 0.770. The van der Waals surface area contributed by atoms with Crippen LogP contribution in [0.1, 0.15) is 38.2 Å². The van der Waals surface area contributed by atoms with E-state index in [-0.39, 0.29) is 0 Å². The van der Waals surface area contributed by atoms with E-state index in [1.54, 1.807) is 0 Å². The van der Waals surface area contributed by atoms with Crippen molar-refractivity contribution in [2.45, 2.75) is 32.6 Å². The maximum atomic E-state index is 2.29. The van der Waals surface area contributed by atoms with Gasteiger partial charge in [0.25, 0.3) is 0 Å². The number of rotatable bonds is 3. The Hall–Kier alpha value is 0.0382. The summed E-state index contributed by atoms with van der Waals surface area (Å²) in [4.78, 5) is 0. The number of hydrogen-bond donors (Lipinski definition) is 0. The molecule has 0 radical (unpaired) electrons. The van der Waals surface area contributed by atoms with Crippen LogP contribution >= 0.6 is 0 Å². The van der Waals surface area contributed by atoms with Crippen molar-refractivity contribution in [3.05, 3.63) is 29.8 Å². The first-order valence-electron chi connectivity index (χ1n) is 4.63. The summed E-state index contributed by atoms with van der Waals surface area (Å²) in [6.07, 6.45) is 2.52. The Bertz CT molecular complexity index is 221. The topological polar surface area (TPSA) is 0 Å². The molecule has 0 unspecified atom stereocenters. The normalized spacial score (nSPS) is 10.7. The maximum absolute atomic E-state index is 2.29. The van der Waals surface area contributed by atoms with Crippen molar-refractivity contribution in [1.29, 1.82) is 0 Å². The molecule has 0 heterocycles. The van der Waals surface area contributed by atoms with E-state index < -0.39 is 0 Å². The molecule has 0 bridgehead atoms. The van der Waals surface area contributed by atoms with Gasteiger partial charge in [0.2, 0.25) is 0 Å². The quantitative estimate of drug-likeness (QED) is 0.736. The van der Waals surface area contributed by atoms with Crippen molar-refractivity contribution < 1.29 is 0 Å². The van der Waals surface area contributed by atoms with Crippen molar-refractivity contribution in [3.8, 4) is 0 Å². The van der Waals surface area contributed by atoms with E-state index in [1.807, 2.05) is 0 Å². The molecule has 0 amide bonds. The van der Waals surface area contributed by atoms with Crippen LogP contribution in [-0.4, -0.2) is 23.0 Å². The van der Waals surface area contributed by atoms with Gasteiger partial charge in [0.15, 0.2) is 0 Å². The third-order valence-electron chi connectivity index (χ3n) is 2.39. The molecular weight excluding hydrogens is 254 g/mol. The van der Waals surface area contributed by atoms with Gasteiger partial charge in [-0.2, -0.15) is 0 Å². The monoisotopic (exact) mass is 270 g/mol. The van der Waals surface area contributed by atoms with Crippen molar-refractivity contribution in [2.75, 3.05) is 0 Å². The van der Waals surface area contributed by atoms with Gasteiger partial charge in [0.1, 0.15) is 0 Å². The Morgan fingerprint density at radius 1 is 1.08 bits per heavy atom. The summed E-state index contributed by atoms with van der Waals surface area (Å²) in [5.41, 5.74) is 1.51. The van der Waals surface area contributed by atoms with Crippen LogP contribution in [0.3, 0.4) is 0 Å². The van der Waals surface area contributed by atoms with Crippen LogP contribution < -0.4 is 3.51 Å². The van der Waals surface area contributed by atoms with E-state index in [0.29, 0.717) is 0 Å². The van der Waals surface area contributed by atoms with Crippen LogP contribution in [0.2, 0.25) is 0 Å². The average Bonchev–Trinajstić information content (AvgIpc) is 2.10. The van der Waals surface area contributed by atoms with Crippen LogP contribution in [-0.2, 0) is 0 Å². The van der Waals surface area contributed by atoms with E-state index in [4.69, 9.17) is 0 Å². The summed E-state index contributed by atoms with van der Waals surface area (Å²) in [5.74, 6) is 0.770. The molecule has 0 fully saturated rings. The van der Waals surface area contributed by atoms with Gasteiger partial charge in [-0.25, -0.2) is 0 Å². The molecule has 66 valence electrons. The predicted octanol–water partition coefficient (Wildman–Crippen LogP) is 1.85. The molecule has 0 N–H and O–H groups in total. The van der Waals surface area contributed by atoms with Crippen LogP contribution in [0.4, 0.5) is 0 Å². The first-order valence-corrected chi connectivity index (χ1v) is 6.28. The molecule has 0 aliphatic carbocycles. The minimum absolute atomic E-state index is 0.770. The van der Waals surface area contributed by atoms with Crippen molar-refractivity contribution in [3.63, 3.8) is 0 Å². The Labute approximate surface area is 88.9 Å². The molecule has 1 rings (SSSR count). The van der Waals surface area contributed by atoms with Crippen molar-refractivity contribution >= 4 is 26.5 Å². The second-order valence-corrected chi connectivity index (χ2v) is 5.08. The molecule has 1 aromatic rings. The van der Waals surface area contributed by atoms with Crippen LogP contribution in [0.5, 0.6) is 0 Å². The van der Waals surface area contributed by atoms with Gasteiger partial charge in [0, 0.05) is 0 Å². The Morgan fingerprint density at radius 3 is 2.00 bits per heavy atom. The van der Waals surface area contributed by atoms with E-state index in [9.17, 15) is 0 Å². The molecular formula is C11H17Sb. The fraction of sp³-hybridized carbons (Fsp3) is 0.455. The second kappa shape index (κ2) is 4.92. The van der Waals surface area contributed by atoms with Gasteiger partial charge in [-0.1, -0.05) is 0 Å². The van der Waals surface area contributed by atoms with Crippen LogP contribution in [0, 0.1) is 0 Å². The fourth-order valence-electron chi connectivity index (χ4n) is 1.53. The van der Waals surface area contributed by atoms with Crippen molar-refractivity contribution in [2.24, 2.45) is 0 Å². The zero-order valence-corrected chi connectivity index (χ0v) is 11.2. The Balaban J connectivity index is 2.80. The molecule has 0 spiro atoms. The van der Waals surface area contributed by atoms with E-state index >= 15 is 0 Å². The third-order valence-corrected chi connectivity index (χ3v) is 3.49. The summed E-state index contributed by atoms with van der Waals surface area (Å²) in [6, 6.07) is 9.10. The van der Waals surface area contributed by atoms with Gasteiger partial charge in [-0.15, -0.1) is 0 Å². The van der Waals surface area contributed by atoms with Gasteiger partial charge in [-0.05, 0) is 0 Å². The molecule has 1 heteroatoms. The first kappa shape index (κ1) is 10.1. The van der Waals surface area contributed by atoms with Gasteiger partial charge >= 0.3 is 89.0 Å². The first-order chi connectivity index (χ1) is 5.77. The number of benzene rings is 1. The zero-order valence-electron chi connectivity index (χ0n) is 7.88. The molecule has 0 atom stereocenters. The summed E-state index contributed by atoms with van der Waals surface area (Å²) in [5, 5.41) is 0. The van der Waals surface area contributed by atoms with E-state index in [1.165, 1.54) is 44.9 Å². The summed E-state index contributed by atoms with van der Waals surface area (Å²) >= 11 is 1.23. The van der Waals surface area contributed by atoms with Gasteiger partial charge in [-0.3, -0.25) is 0 Å². The number of hydrogen-bond acceptors (Lipinski definition) is 0. The standard InChI is InChI=1S/C11H15.Sb.2H/c1-3-10(4-2)11-8-6-5-7-9-11;;;/h6-10H,3-4H2,1-2H3;;;. The second-order valence-electron chi connectivity index (χ2n) is 3.18. The molecule has 1 aromatic carbocycles. The molecule has 0 aromatic heterocycles. The van der Waals surface area contributed by atoms with Gasteiger partial charge < -0.3 is 0 Å². The van der Waals surface area contributed by atoms with Crippen molar-refractivity contribution in [1.82, 2.24) is 0 Å². The Kier molecular flexibility index (Phi) is 4.15. The summed E-state index contributed by atoms with van der Waals surface area (Å²) in [7, 11) is 0.